The number of benzene rings is 1. The van der Waals surface area contributed by atoms with E-state index in [-0.39, 0.29) is 28.7 Å². The Morgan fingerprint density at radius 1 is 1.35 bits per heavy atom. The van der Waals surface area contributed by atoms with Crippen LogP contribution in [0.1, 0.15) is 5.56 Å². The quantitative estimate of drug-likeness (QED) is 0.737. The van der Waals surface area contributed by atoms with Crippen molar-refractivity contribution in [1.82, 2.24) is 4.90 Å². The predicted octanol–water partition coefficient (Wildman–Crippen LogP) is 2.18. The molecular formula is C14H14Cl2N2O3S2. The first-order valence-electron chi connectivity index (χ1n) is 6.94. The maximum Gasteiger partial charge on any atom is 0.262 e. The normalized spacial score (nSPS) is 27.4. The molecule has 2 atom stereocenters. The van der Waals surface area contributed by atoms with Gasteiger partial charge in [-0.1, -0.05) is 41.6 Å². The SMILES string of the molecule is O=C(CCl)N=C1SC2CS(=O)(=O)CC2N1Cc1ccccc1Cl. The molecule has 23 heavy (non-hydrogen) atoms. The predicted molar refractivity (Wildman–Crippen MR) is 94.0 cm³/mol. The standard InChI is InChI=1S/C14H14Cl2N2O3S2/c15-5-13(19)17-14-18(6-9-3-1-2-4-10(9)16)11-7-23(20,21)8-12(11)22-14/h1-4,11-12H,5-8H2. The highest BCUT2D eigenvalue weighted by Crippen LogP contribution is 2.39. The van der Waals surface area contributed by atoms with Gasteiger partial charge in [-0.05, 0) is 11.6 Å². The van der Waals surface area contributed by atoms with Crippen molar-refractivity contribution in [3.8, 4) is 0 Å². The number of nitrogens with zero attached hydrogens (tertiary/aromatic N) is 2. The average Bonchev–Trinajstić information content (AvgIpc) is 2.94. The fourth-order valence-electron chi connectivity index (χ4n) is 2.77. The first kappa shape index (κ1) is 17.1. The summed E-state index contributed by atoms with van der Waals surface area (Å²) in [5, 5.41) is 1.02. The van der Waals surface area contributed by atoms with E-state index in [4.69, 9.17) is 23.2 Å². The molecule has 2 aliphatic heterocycles. The molecule has 9 heteroatoms. The Kier molecular flexibility index (Phi) is 4.92. The molecule has 0 bridgehead atoms. The number of fused-ring (bicyclic) bond motifs is 1. The third-order valence-corrected chi connectivity index (χ3v) is 7.65. The molecule has 2 unspecified atom stereocenters. The zero-order chi connectivity index (χ0) is 16.6. The molecule has 0 N–H and O–H groups in total. The molecule has 2 heterocycles. The van der Waals surface area contributed by atoms with Crippen molar-refractivity contribution >= 4 is 55.9 Å². The summed E-state index contributed by atoms with van der Waals surface area (Å²) in [6, 6.07) is 7.17. The Balaban J connectivity index is 1.92. The Bertz CT molecular complexity index is 767. The van der Waals surface area contributed by atoms with E-state index >= 15 is 0 Å². The Morgan fingerprint density at radius 2 is 2.09 bits per heavy atom. The summed E-state index contributed by atoms with van der Waals surface area (Å²) >= 11 is 13.1. The van der Waals surface area contributed by atoms with Crippen LogP contribution in [0.15, 0.2) is 29.3 Å². The fraction of sp³-hybridized carbons (Fsp3) is 0.429. The van der Waals surface area contributed by atoms with Gasteiger partial charge in [0.2, 0.25) is 0 Å². The number of aliphatic imine (C=N–C) groups is 1. The second-order valence-electron chi connectivity index (χ2n) is 5.44. The van der Waals surface area contributed by atoms with Crippen LogP contribution in [0.25, 0.3) is 0 Å². The van der Waals surface area contributed by atoms with E-state index < -0.39 is 15.7 Å². The number of sulfone groups is 1. The number of amidine groups is 1. The van der Waals surface area contributed by atoms with E-state index in [9.17, 15) is 13.2 Å². The topological polar surface area (TPSA) is 66.8 Å². The molecule has 124 valence electrons. The lowest BCUT2D eigenvalue weighted by Crippen LogP contribution is -2.37. The van der Waals surface area contributed by atoms with Crippen LogP contribution in [0.3, 0.4) is 0 Å². The van der Waals surface area contributed by atoms with Gasteiger partial charge in [0, 0.05) is 16.8 Å². The van der Waals surface area contributed by atoms with Crippen molar-refractivity contribution < 1.29 is 13.2 Å². The van der Waals surface area contributed by atoms with E-state index in [0.29, 0.717) is 16.7 Å². The summed E-state index contributed by atoms with van der Waals surface area (Å²) in [6.45, 7) is 0.414. The van der Waals surface area contributed by atoms with Gasteiger partial charge in [-0.25, -0.2) is 8.42 Å². The molecule has 2 saturated heterocycles. The van der Waals surface area contributed by atoms with Gasteiger partial charge in [0.15, 0.2) is 15.0 Å². The number of thioether (sulfide) groups is 1. The minimum Gasteiger partial charge on any atom is -0.342 e. The molecule has 2 fully saturated rings. The number of rotatable bonds is 3. The number of hydrogen-bond donors (Lipinski definition) is 0. The number of alkyl halides is 1. The van der Waals surface area contributed by atoms with Crippen molar-refractivity contribution in [3.05, 3.63) is 34.9 Å². The molecule has 5 nitrogen and oxygen atoms in total. The highest BCUT2D eigenvalue weighted by atomic mass is 35.5. The Morgan fingerprint density at radius 3 is 2.78 bits per heavy atom. The molecule has 0 saturated carbocycles. The summed E-state index contributed by atoms with van der Waals surface area (Å²) in [5.41, 5.74) is 0.866. The summed E-state index contributed by atoms with van der Waals surface area (Å²) in [4.78, 5) is 17.5. The number of halogens is 2. The second kappa shape index (κ2) is 6.63. The number of amides is 1. The van der Waals surface area contributed by atoms with Crippen LogP contribution in [-0.2, 0) is 21.2 Å². The van der Waals surface area contributed by atoms with Gasteiger partial charge >= 0.3 is 0 Å². The van der Waals surface area contributed by atoms with Crippen molar-refractivity contribution in [3.63, 3.8) is 0 Å². The van der Waals surface area contributed by atoms with Crippen LogP contribution in [-0.4, -0.2) is 53.1 Å². The largest absolute Gasteiger partial charge is 0.342 e. The lowest BCUT2D eigenvalue weighted by Gasteiger charge is -2.24. The van der Waals surface area contributed by atoms with Crippen LogP contribution >= 0.6 is 35.0 Å². The highest BCUT2D eigenvalue weighted by Gasteiger charge is 2.48. The minimum atomic E-state index is -3.06. The zero-order valence-corrected chi connectivity index (χ0v) is 15.1. The Hall–Kier alpha value is -0.760. The first-order valence-corrected chi connectivity index (χ1v) is 10.6. The van der Waals surface area contributed by atoms with Gasteiger partial charge in [-0.3, -0.25) is 4.79 Å². The van der Waals surface area contributed by atoms with E-state index in [1.807, 2.05) is 23.1 Å². The molecule has 1 amide bonds. The smallest absolute Gasteiger partial charge is 0.262 e. The molecule has 0 spiro atoms. The fourth-order valence-corrected chi connectivity index (χ4v) is 6.99. The molecule has 2 aliphatic rings. The summed E-state index contributed by atoms with van der Waals surface area (Å²) in [6.07, 6.45) is 0. The van der Waals surface area contributed by atoms with E-state index in [1.165, 1.54) is 11.8 Å². The maximum atomic E-state index is 11.9. The van der Waals surface area contributed by atoms with Crippen LogP contribution in [0.5, 0.6) is 0 Å². The molecule has 0 aliphatic carbocycles. The van der Waals surface area contributed by atoms with Gasteiger partial charge in [0.25, 0.3) is 5.91 Å². The third-order valence-electron chi connectivity index (χ3n) is 3.81. The molecule has 1 aromatic carbocycles. The van der Waals surface area contributed by atoms with Crippen molar-refractivity contribution in [2.24, 2.45) is 4.99 Å². The number of hydrogen-bond acceptors (Lipinski definition) is 4. The van der Waals surface area contributed by atoms with Gasteiger partial charge < -0.3 is 4.90 Å². The van der Waals surface area contributed by atoms with Gasteiger partial charge in [-0.15, -0.1) is 11.6 Å². The summed E-state index contributed by atoms with van der Waals surface area (Å²) in [7, 11) is -3.06. The van der Waals surface area contributed by atoms with Crippen molar-refractivity contribution in [1.29, 1.82) is 0 Å². The summed E-state index contributed by atoms with van der Waals surface area (Å²) < 4.78 is 23.8. The molecule has 1 aromatic rings. The molecule has 0 radical (unpaired) electrons. The van der Waals surface area contributed by atoms with Gasteiger partial charge in [0.05, 0.1) is 17.5 Å². The van der Waals surface area contributed by atoms with Crippen LogP contribution in [0, 0.1) is 0 Å². The highest BCUT2D eigenvalue weighted by molar-refractivity contribution is 8.15. The number of carbonyl (C=O) groups is 1. The van der Waals surface area contributed by atoms with Crippen LogP contribution in [0.4, 0.5) is 0 Å². The van der Waals surface area contributed by atoms with Gasteiger partial charge in [-0.2, -0.15) is 4.99 Å². The maximum absolute atomic E-state index is 11.9. The first-order chi connectivity index (χ1) is 10.9. The third kappa shape index (κ3) is 3.68. The lowest BCUT2D eigenvalue weighted by molar-refractivity contribution is -0.115. The minimum absolute atomic E-state index is 0.0726. The van der Waals surface area contributed by atoms with E-state index in [0.717, 1.165) is 5.56 Å². The average molecular weight is 393 g/mol. The van der Waals surface area contributed by atoms with Crippen molar-refractivity contribution in [2.75, 3.05) is 17.4 Å². The van der Waals surface area contributed by atoms with E-state index in [1.54, 1.807) is 6.07 Å². The zero-order valence-electron chi connectivity index (χ0n) is 12.0. The number of carbonyl (C=O) groups excluding carboxylic acids is 1. The van der Waals surface area contributed by atoms with Crippen LogP contribution < -0.4 is 0 Å². The molecular weight excluding hydrogens is 379 g/mol. The van der Waals surface area contributed by atoms with Crippen LogP contribution in [0.2, 0.25) is 5.02 Å². The van der Waals surface area contributed by atoms with Gasteiger partial charge in [0.1, 0.15) is 5.88 Å². The Labute approximate surface area is 149 Å². The lowest BCUT2D eigenvalue weighted by atomic mass is 10.1. The molecule has 0 aromatic heterocycles. The molecule has 3 rings (SSSR count). The second-order valence-corrected chi connectivity index (χ2v) is 9.48. The van der Waals surface area contributed by atoms with E-state index in [2.05, 4.69) is 4.99 Å². The van der Waals surface area contributed by atoms with Crippen molar-refractivity contribution in [2.45, 2.75) is 17.8 Å². The monoisotopic (exact) mass is 392 g/mol. The summed E-state index contributed by atoms with van der Waals surface area (Å²) in [5.74, 6) is -0.447.